The molecule has 0 amide bonds. The molecule has 0 aliphatic heterocycles. The standard InChI is InChI=1S/C11H20N2.Au.F6P/c1-10(2,3)12-7-8-13(9-12)11(4,5)6;;1-7(2,3,4,5)6/h7-8H,1-6H3;;/q;+1;-1. The Kier molecular flexibility index (Phi) is 4.97. The zero-order valence-corrected chi connectivity index (χ0v) is 15.6. The molecule has 1 aromatic heterocycles. The molecule has 10 heteroatoms. The number of hydrogen-bond donors (Lipinski definition) is 0. The van der Waals surface area contributed by atoms with E-state index in [9.17, 15) is 25.2 Å². The van der Waals surface area contributed by atoms with Crippen molar-refractivity contribution in [3.05, 3.63) is 16.0 Å². The van der Waals surface area contributed by atoms with Crippen LogP contribution in [0.15, 0.2) is 12.4 Å². The topological polar surface area (TPSA) is 9.86 Å². The Balaban J connectivity index is 0.000000486. The average molecular weight is 522 g/mol. The molecule has 0 fully saturated rings. The van der Waals surface area contributed by atoms with Gasteiger partial charge in [0.05, 0.1) is 0 Å². The normalized spacial score (nSPS) is 16.7. The average Bonchev–Trinajstić information content (AvgIpc) is 2.37. The molecule has 0 N–H and O–H groups in total. The van der Waals surface area contributed by atoms with Crippen LogP contribution in [0.4, 0.5) is 25.2 Å². The van der Waals surface area contributed by atoms with Gasteiger partial charge in [0.1, 0.15) is 0 Å². The van der Waals surface area contributed by atoms with E-state index in [0.717, 1.165) is 0 Å². The van der Waals surface area contributed by atoms with Crippen LogP contribution in [-0.4, -0.2) is 9.13 Å². The second-order valence-corrected chi connectivity index (χ2v) is 9.46. The van der Waals surface area contributed by atoms with Crippen LogP contribution >= 0.6 is 7.81 Å². The molecule has 1 heterocycles. The van der Waals surface area contributed by atoms with Crippen molar-refractivity contribution in [1.82, 2.24) is 9.13 Å². The number of halogens is 6. The van der Waals surface area contributed by atoms with Gasteiger partial charge >= 0.3 is 131 Å². The Morgan fingerprint density at radius 1 is 0.762 bits per heavy atom. The zero-order valence-electron chi connectivity index (χ0n) is 12.6. The van der Waals surface area contributed by atoms with Crippen molar-refractivity contribution in [2.75, 3.05) is 0 Å². The van der Waals surface area contributed by atoms with Crippen LogP contribution in [0.1, 0.15) is 41.5 Å². The number of rotatable bonds is 0. The van der Waals surface area contributed by atoms with Crippen molar-refractivity contribution in [3.8, 4) is 0 Å². The number of nitrogens with zero attached hydrogens (tertiary/aromatic N) is 2. The molecule has 0 aromatic carbocycles. The van der Waals surface area contributed by atoms with Crippen LogP contribution in [0.25, 0.3) is 0 Å². The summed E-state index contributed by atoms with van der Waals surface area (Å²) in [5.41, 5.74) is 0.307. The fraction of sp³-hybridized carbons (Fsp3) is 0.727. The Labute approximate surface area is 131 Å². The van der Waals surface area contributed by atoms with Crippen molar-refractivity contribution < 1.29 is 45.8 Å². The van der Waals surface area contributed by atoms with Crippen molar-refractivity contribution in [2.45, 2.75) is 52.6 Å². The van der Waals surface area contributed by atoms with E-state index in [4.69, 9.17) is 0 Å². The fourth-order valence-corrected chi connectivity index (χ4v) is 3.09. The summed E-state index contributed by atoms with van der Waals surface area (Å²) >= 11 is 2.61. The molecule has 0 aliphatic carbocycles. The molecule has 1 rings (SSSR count). The van der Waals surface area contributed by atoms with Crippen LogP contribution in [0, 0.1) is 3.63 Å². The molecule has 0 unspecified atom stereocenters. The molecule has 0 atom stereocenters. The molecule has 0 saturated carbocycles. The molecule has 0 bridgehead atoms. The molecule has 1 aromatic rings. The van der Waals surface area contributed by atoms with Crippen LogP contribution in [0.3, 0.4) is 0 Å². The summed E-state index contributed by atoms with van der Waals surface area (Å²) in [6, 6.07) is 0. The first kappa shape index (κ1) is 21.0. The first-order chi connectivity index (χ1) is 8.59. The number of hydrogen-bond acceptors (Lipinski definition) is 0. The summed E-state index contributed by atoms with van der Waals surface area (Å²) in [4.78, 5) is 0. The monoisotopic (exact) mass is 522 g/mol. The maximum atomic E-state index is 9.87. The van der Waals surface area contributed by atoms with Crippen LogP contribution in [0.5, 0.6) is 0 Å². The van der Waals surface area contributed by atoms with Crippen molar-refractivity contribution in [3.63, 3.8) is 0 Å². The van der Waals surface area contributed by atoms with Gasteiger partial charge in [-0.25, -0.2) is 0 Å². The first-order valence-corrected chi connectivity index (χ1v) is 9.02. The third-order valence-corrected chi connectivity index (χ3v) is 3.21. The quantitative estimate of drug-likeness (QED) is 0.216. The summed E-state index contributed by atoms with van der Waals surface area (Å²) in [6.07, 6.45) is 4.31. The van der Waals surface area contributed by atoms with Gasteiger partial charge < -0.3 is 0 Å². The van der Waals surface area contributed by atoms with Gasteiger partial charge in [-0.3, -0.25) is 0 Å². The van der Waals surface area contributed by atoms with Gasteiger partial charge in [0.15, 0.2) is 0 Å². The summed E-state index contributed by atoms with van der Waals surface area (Å²) < 4.78 is 65.0. The Morgan fingerprint density at radius 3 is 1.05 bits per heavy atom. The number of imidazole rings is 1. The Hall–Kier alpha value is -0.0397. The van der Waals surface area contributed by atoms with Gasteiger partial charge in [0, 0.05) is 0 Å². The van der Waals surface area contributed by atoms with Crippen molar-refractivity contribution >= 4 is 7.81 Å². The Morgan fingerprint density at radius 2 is 0.952 bits per heavy atom. The zero-order chi connectivity index (χ0) is 17.6. The third-order valence-electron chi connectivity index (χ3n) is 2.17. The van der Waals surface area contributed by atoms with E-state index in [1.54, 1.807) is 0 Å². The van der Waals surface area contributed by atoms with Gasteiger partial charge in [-0.15, -0.1) is 0 Å². The molecule has 0 saturated heterocycles. The minimum absolute atomic E-state index is 0.153. The predicted molar refractivity (Wildman–Crippen MR) is 69.2 cm³/mol. The van der Waals surface area contributed by atoms with E-state index in [1.807, 2.05) is 0 Å². The van der Waals surface area contributed by atoms with Gasteiger partial charge in [-0.2, -0.15) is 0 Å². The molecule has 0 radical (unpaired) electrons. The second-order valence-electron chi connectivity index (χ2n) is 6.57. The van der Waals surface area contributed by atoms with Gasteiger partial charge in [-0.05, 0) is 0 Å². The van der Waals surface area contributed by atoms with Crippen LogP contribution in [-0.2, 0) is 31.7 Å². The van der Waals surface area contributed by atoms with E-state index in [1.165, 1.54) is 3.63 Å². The van der Waals surface area contributed by atoms with Gasteiger partial charge in [-0.1, -0.05) is 0 Å². The fourth-order valence-electron chi connectivity index (χ4n) is 1.31. The third kappa shape index (κ3) is 10.3. The van der Waals surface area contributed by atoms with E-state index in [2.05, 4.69) is 83.7 Å². The van der Waals surface area contributed by atoms with Crippen LogP contribution < -0.4 is 0 Å². The van der Waals surface area contributed by atoms with Crippen LogP contribution in [0.2, 0.25) is 0 Å². The molecular formula is C11H20AuF6N2P. The minimum atomic E-state index is -10.7. The molecule has 0 spiro atoms. The molecule has 0 aliphatic rings. The summed E-state index contributed by atoms with van der Waals surface area (Å²) in [5.74, 6) is 0. The first-order valence-electron chi connectivity index (χ1n) is 5.91. The SMILES string of the molecule is CC(C)(C)n1ccn(C(C)(C)C)[c]1=[Au+].F[P-](F)(F)(F)(F)F. The molecular weight excluding hydrogens is 502 g/mol. The van der Waals surface area contributed by atoms with E-state index < -0.39 is 7.81 Å². The Bertz CT molecular complexity index is 510. The number of aromatic nitrogens is 2. The van der Waals surface area contributed by atoms with Gasteiger partial charge in [0.25, 0.3) is 0 Å². The van der Waals surface area contributed by atoms with E-state index in [0.29, 0.717) is 0 Å². The molecule has 2 nitrogen and oxygen atoms in total. The maximum absolute atomic E-state index is 10.7. The predicted octanol–water partition coefficient (Wildman–Crippen LogP) is 6.26. The van der Waals surface area contributed by atoms with E-state index in [-0.39, 0.29) is 11.1 Å². The molecule has 21 heavy (non-hydrogen) atoms. The molecule has 132 valence electrons. The van der Waals surface area contributed by atoms with Gasteiger partial charge in [0.2, 0.25) is 0 Å². The summed E-state index contributed by atoms with van der Waals surface area (Å²) in [5, 5.41) is 0. The summed E-state index contributed by atoms with van der Waals surface area (Å²) in [6.45, 7) is 13.3. The van der Waals surface area contributed by atoms with E-state index >= 15 is 0 Å². The second kappa shape index (κ2) is 4.98. The summed E-state index contributed by atoms with van der Waals surface area (Å²) in [7, 11) is -10.7. The van der Waals surface area contributed by atoms with Crippen molar-refractivity contribution in [1.29, 1.82) is 0 Å². The van der Waals surface area contributed by atoms with Crippen molar-refractivity contribution in [2.24, 2.45) is 0 Å².